The molecule has 5 nitrogen and oxygen atoms in total. The molecule has 0 unspecified atom stereocenters. The molecule has 1 N–H and O–H groups in total. The van der Waals surface area contributed by atoms with Gasteiger partial charge in [0.1, 0.15) is 24.2 Å². The average molecular weight is 380 g/mol. The van der Waals surface area contributed by atoms with Crippen molar-refractivity contribution < 1.29 is 19.3 Å². The molecule has 1 heterocycles. The number of aryl methyl sites for hydroxylation is 1. The predicted octanol–water partition coefficient (Wildman–Crippen LogP) is 3.34. The van der Waals surface area contributed by atoms with Crippen LogP contribution in [0.25, 0.3) is 0 Å². The zero-order valence-corrected chi connectivity index (χ0v) is 16.6. The number of nitrogens with zero attached hydrogens (tertiary/aromatic N) is 1. The largest absolute Gasteiger partial charge is 0.497 e. The highest BCUT2D eigenvalue weighted by molar-refractivity contribution is 7.11. The van der Waals surface area contributed by atoms with Crippen LogP contribution in [-0.4, -0.2) is 56.6 Å². The zero-order chi connectivity index (χ0) is 18.8. The number of hydrogen-bond donors (Lipinski definition) is 1. The van der Waals surface area contributed by atoms with E-state index in [9.17, 15) is 5.11 Å². The minimum Gasteiger partial charge on any atom is -0.497 e. The second kappa shape index (κ2) is 11.2. The van der Waals surface area contributed by atoms with Crippen LogP contribution in [0.2, 0.25) is 0 Å². The van der Waals surface area contributed by atoms with Crippen molar-refractivity contribution in [2.24, 2.45) is 0 Å². The van der Waals surface area contributed by atoms with Gasteiger partial charge < -0.3 is 19.3 Å². The van der Waals surface area contributed by atoms with E-state index in [1.54, 1.807) is 25.6 Å². The van der Waals surface area contributed by atoms with Crippen LogP contribution in [0.3, 0.4) is 0 Å². The molecule has 1 aromatic carbocycles. The number of thiophene rings is 1. The van der Waals surface area contributed by atoms with Crippen molar-refractivity contribution in [3.05, 3.63) is 46.2 Å². The summed E-state index contributed by atoms with van der Waals surface area (Å²) in [5, 5.41) is 10.4. The molecule has 0 bridgehead atoms. The van der Waals surface area contributed by atoms with E-state index in [2.05, 4.69) is 24.0 Å². The third kappa shape index (κ3) is 7.33. The topological polar surface area (TPSA) is 51.2 Å². The van der Waals surface area contributed by atoms with Crippen LogP contribution in [0.1, 0.15) is 16.2 Å². The van der Waals surface area contributed by atoms with Crippen LogP contribution < -0.4 is 9.47 Å². The number of ether oxygens (including phenoxy) is 3. The Kier molecular flexibility index (Phi) is 8.91. The Balaban J connectivity index is 1.83. The van der Waals surface area contributed by atoms with Crippen LogP contribution in [0.5, 0.6) is 11.5 Å². The maximum Gasteiger partial charge on any atom is 0.119 e. The van der Waals surface area contributed by atoms with E-state index in [-0.39, 0.29) is 6.61 Å². The van der Waals surface area contributed by atoms with Gasteiger partial charge in [0, 0.05) is 43.1 Å². The number of benzene rings is 1. The van der Waals surface area contributed by atoms with Crippen LogP contribution in [0.4, 0.5) is 0 Å². The first-order chi connectivity index (χ1) is 12.6. The molecule has 2 aromatic rings. The van der Waals surface area contributed by atoms with Crippen molar-refractivity contribution in [2.45, 2.75) is 26.0 Å². The number of hydrogen-bond acceptors (Lipinski definition) is 6. The summed E-state index contributed by atoms with van der Waals surface area (Å²) in [7, 11) is 3.34. The van der Waals surface area contributed by atoms with E-state index in [0.717, 1.165) is 37.6 Å². The molecule has 0 spiro atoms. The van der Waals surface area contributed by atoms with Gasteiger partial charge in [-0.05, 0) is 49.7 Å². The van der Waals surface area contributed by atoms with Gasteiger partial charge in [-0.1, -0.05) is 0 Å². The molecular formula is C20H29NO4S. The Hall–Kier alpha value is -1.60. The maximum atomic E-state index is 10.4. The van der Waals surface area contributed by atoms with Gasteiger partial charge in [0.2, 0.25) is 0 Å². The van der Waals surface area contributed by atoms with Gasteiger partial charge in [-0.15, -0.1) is 11.3 Å². The fourth-order valence-electron chi connectivity index (χ4n) is 2.67. The molecule has 144 valence electrons. The molecule has 2 rings (SSSR count). The van der Waals surface area contributed by atoms with Gasteiger partial charge in [-0.2, -0.15) is 0 Å². The quantitative estimate of drug-likeness (QED) is 0.573. The summed E-state index contributed by atoms with van der Waals surface area (Å²) in [6.07, 6.45) is 0.383. The van der Waals surface area contributed by atoms with Crippen molar-refractivity contribution in [2.75, 3.05) is 40.5 Å². The number of rotatable bonds is 12. The highest BCUT2D eigenvalue weighted by atomic mass is 32.1. The van der Waals surface area contributed by atoms with E-state index in [1.165, 1.54) is 9.75 Å². The van der Waals surface area contributed by atoms with E-state index < -0.39 is 6.10 Å². The lowest BCUT2D eigenvalue weighted by Crippen LogP contribution is -2.36. The van der Waals surface area contributed by atoms with E-state index in [0.29, 0.717) is 6.54 Å². The van der Waals surface area contributed by atoms with Crippen molar-refractivity contribution in [3.63, 3.8) is 0 Å². The second-order valence-electron chi connectivity index (χ2n) is 6.23. The lowest BCUT2D eigenvalue weighted by molar-refractivity contribution is 0.0621. The fourth-order valence-corrected chi connectivity index (χ4v) is 3.61. The minimum absolute atomic E-state index is 0.260. The second-order valence-corrected chi connectivity index (χ2v) is 7.61. The molecule has 0 aliphatic heterocycles. The highest BCUT2D eigenvalue weighted by Crippen LogP contribution is 2.19. The molecule has 0 radical (unpaired) electrons. The summed E-state index contributed by atoms with van der Waals surface area (Å²) >= 11 is 1.80. The Bertz CT molecular complexity index is 629. The van der Waals surface area contributed by atoms with Gasteiger partial charge >= 0.3 is 0 Å². The molecule has 0 aliphatic rings. The van der Waals surface area contributed by atoms with Gasteiger partial charge in [0.15, 0.2) is 0 Å². The van der Waals surface area contributed by atoms with E-state index in [4.69, 9.17) is 14.2 Å². The van der Waals surface area contributed by atoms with Gasteiger partial charge in [-0.25, -0.2) is 0 Å². The van der Waals surface area contributed by atoms with E-state index >= 15 is 0 Å². The molecule has 0 fully saturated rings. The third-order valence-corrected chi connectivity index (χ3v) is 4.95. The molecule has 1 aromatic heterocycles. The number of aliphatic hydroxyl groups excluding tert-OH is 1. The molecule has 0 saturated carbocycles. The van der Waals surface area contributed by atoms with Crippen LogP contribution in [-0.2, 0) is 11.3 Å². The van der Waals surface area contributed by atoms with Crippen molar-refractivity contribution in [1.29, 1.82) is 0 Å². The predicted molar refractivity (Wildman–Crippen MR) is 105 cm³/mol. The summed E-state index contributed by atoms with van der Waals surface area (Å²) < 4.78 is 16.0. The first kappa shape index (κ1) is 20.7. The molecule has 0 amide bonds. The standard InChI is InChI=1S/C20H29NO4S/c1-16-5-10-20(26-16)14-21(11-4-12-23-2)13-17(22)15-25-19-8-6-18(24-3)7-9-19/h5-10,17,22H,4,11-15H2,1-3H3/t17-/m1/s1. The van der Waals surface area contributed by atoms with Crippen molar-refractivity contribution in [3.8, 4) is 11.5 Å². The summed E-state index contributed by atoms with van der Waals surface area (Å²) in [5.41, 5.74) is 0. The highest BCUT2D eigenvalue weighted by Gasteiger charge is 2.14. The number of aliphatic hydroxyl groups is 1. The van der Waals surface area contributed by atoms with Gasteiger partial charge in [-0.3, -0.25) is 4.90 Å². The van der Waals surface area contributed by atoms with Crippen LogP contribution in [0, 0.1) is 6.92 Å². The summed E-state index contributed by atoms with van der Waals surface area (Å²) in [6.45, 7) is 5.37. The Morgan fingerprint density at radius 1 is 1.08 bits per heavy atom. The first-order valence-electron chi connectivity index (χ1n) is 8.82. The van der Waals surface area contributed by atoms with Gasteiger partial charge in [0.25, 0.3) is 0 Å². The molecule has 26 heavy (non-hydrogen) atoms. The molecule has 0 aliphatic carbocycles. The Labute approximate surface area is 160 Å². The lowest BCUT2D eigenvalue weighted by Gasteiger charge is -2.24. The molecule has 0 saturated heterocycles. The number of methoxy groups -OCH3 is 2. The zero-order valence-electron chi connectivity index (χ0n) is 15.8. The van der Waals surface area contributed by atoms with Crippen molar-refractivity contribution >= 4 is 11.3 Å². The Morgan fingerprint density at radius 2 is 1.81 bits per heavy atom. The third-order valence-electron chi connectivity index (χ3n) is 3.97. The van der Waals surface area contributed by atoms with Gasteiger partial charge in [0.05, 0.1) is 7.11 Å². The minimum atomic E-state index is -0.555. The lowest BCUT2D eigenvalue weighted by atomic mass is 10.3. The normalized spacial score (nSPS) is 12.3. The Morgan fingerprint density at radius 3 is 2.42 bits per heavy atom. The molecular weight excluding hydrogens is 350 g/mol. The smallest absolute Gasteiger partial charge is 0.119 e. The SMILES string of the molecule is COCCCN(Cc1ccc(C)s1)C[C@@H](O)COc1ccc(OC)cc1. The van der Waals surface area contributed by atoms with E-state index in [1.807, 2.05) is 24.3 Å². The summed E-state index contributed by atoms with van der Waals surface area (Å²) in [4.78, 5) is 4.87. The average Bonchev–Trinajstić information content (AvgIpc) is 3.05. The monoisotopic (exact) mass is 379 g/mol. The van der Waals surface area contributed by atoms with Crippen LogP contribution >= 0.6 is 11.3 Å². The summed E-state index contributed by atoms with van der Waals surface area (Å²) in [5.74, 6) is 1.51. The van der Waals surface area contributed by atoms with Crippen LogP contribution in [0.15, 0.2) is 36.4 Å². The molecule has 6 heteroatoms. The van der Waals surface area contributed by atoms with Crippen molar-refractivity contribution in [1.82, 2.24) is 4.90 Å². The first-order valence-corrected chi connectivity index (χ1v) is 9.64. The molecule has 1 atom stereocenters. The summed E-state index contributed by atoms with van der Waals surface area (Å²) in [6, 6.07) is 11.7. The maximum absolute atomic E-state index is 10.4. The fraction of sp³-hybridized carbons (Fsp3) is 0.500.